The first kappa shape index (κ1) is 28.3. The number of aliphatic imine (C=N–C) groups is 1. The van der Waals surface area contributed by atoms with E-state index in [0.717, 1.165) is 67.6 Å². The first-order chi connectivity index (χ1) is 20.7. The van der Waals surface area contributed by atoms with Crippen molar-refractivity contribution >= 4 is 23.3 Å². The first-order valence-corrected chi connectivity index (χ1v) is 15.4. The number of amidine groups is 1. The molecule has 4 aromatic carbocycles. The fraction of sp³-hybridized carbons (Fsp3) is 0.286. The van der Waals surface area contributed by atoms with Gasteiger partial charge in [0.1, 0.15) is 30.0 Å². The molecule has 216 valence electrons. The molecule has 6 rings (SSSR count). The summed E-state index contributed by atoms with van der Waals surface area (Å²) in [6.45, 7) is 4.31. The molecule has 2 aliphatic heterocycles. The van der Waals surface area contributed by atoms with Crippen LogP contribution in [0.5, 0.6) is 11.5 Å². The van der Waals surface area contributed by atoms with E-state index in [4.69, 9.17) is 14.5 Å². The van der Waals surface area contributed by atoms with Gasteiger partial charge in [-0.25, -0.2) is 4.99 Å². The van der Waals surface area contributed by atoms with Crippen molar-refractivity contribution in [1.82, 2.24) is 9.80 Å². The van der Waals surface area contributed by atoms with Gasteiger partial charge in [-0.05, 0) is 60.4 Å². The van der Waals surface area contributed by atoms with Crippen LogP contribution in [0.15, 0.2) is 112 Å². The molecule has 0 saturated carbocycles. The molecule has 1 N–H and O–H groups in total. The molecule has 1 atom stereocenters. The fourth-order valence-electron chi connectivity index (χ4n) is 5.55. The average Bonchev–Trinajstić information content (AvgIpc) is 3.20. The summed E-state index contributed by atoms with van der Waals surface area (Å²) in [4.78, 5) is 12.3. The maximum Gasteiger partial charge on any atom is 0.137 e. The van der Waals surface area contributed by atoms with Crippen LogP contribution in [0.2, 0.25) is 0 Å². The van der Waals surface area contributed by atoms with Crippen molar-refractivity contribution in [2.45, 2.75) is 28.7 Å². The summed E-state index contributed by atoms with van der Waals surface area (Å²) in [5.74, 6) is 2.75. The Morgan fingerprint density at radius 2 is 1.60 bits per heavy atom. The number of aryl methyl sites for hydroxylation is 2. The number of rotatable bonds is 9. The molecule has 1 unspecified atom stereocenters. The molecule has 0 amide bonds. The van der Waals surface area contributed by atoms with Crippen LogP contribution in [0.3, 0.4) is 0 Å². The van der Waals surface area contributed by atoms with E-state index < -0.39 is 6.10 Å². The minimum Gasteiger partial charge on any atom is -0.497 e. The molecule has 0 bridgehead atoms. The van der Waals surface area contributed by atoms with E-state index in [1.165, 1.54) is 20.9 Å². The number of aliphatic hydroxyl groups is 1. The zero-order valence-electron chi connectivity index (χ0n) is 24.0. The number of piperazine rings is 1. The van der Waals surface area contributed by atoms with Gasteiger partial charge in [0.15, 0.2) is 0 Å². The summed E-state index contributed by atoms with van der Waals surface area (Å²) in [6.07, 6.45) is 1.18. The van der Waals surface area contributed by atoms with E-state index in [9.17, 15) is 5.11 Å². The van der Waals surface area contributed by atoms with Gasteiger partial charge >= 0.3 is 0 Å². The molecule has 0 spiro atoms. The normalized spacial score (nSPS) is 15.7. The molecule has 2 aliphatic rings. The molecule has 0 radical (unpaired) electrons. The lowest BCUT2D eigenvalue weighted by Gasteiger charge is -2.37. The van der Waals surface area contributed by atoms with Gasteiger partial charge in [-0.1, -0.05) is 72.4 Å². The highest BCUT2D eigenvalue weighted by atomic mass is 32.2. The largest absolute Gasteiger partial charge is 0.497 e. The van der Waals surface area contributed by atoms with Crippen LogP contribution in [-0.4, -0.2) is 73.3 Å². The van der Waals surface area contributed by atoms with Crippen molar-refractivity contribution in [3.8, 4) is 11.5 Å². The molecule has 0 aromatic heterocycles. The third-order valence-corrected chi connectivity index (χ3v) is 8.94. The summed E-state index contributed by atoms with van der Waals surface area (Å²) in [5.41, 5.74) is 4.58. The summed E-state index contributed by atoms with van der Waals surface area (Å²) in [6, 6.07) is 33.2. The first-order valence-electron chi connectivity index (χ1n) is 14.6. The lowest BCUT2D eigenvalue weighted by Crippen LogP contribution is -2.51. The Morgan fingerprint density at radius 3 is 2.45 bits per heavy atom. The Morgan fingerprint density at radius 1 is 0.833 bits per heavy atom. The molecular formula is C35H37N3O3S. The van der Waals surface area contributed by atoms with Crippen LogP contribution in [-0.2, 0) is 12.8 Å². The summed E-state index contributed by atoms with van der Waals surface area (Å²) in [7, 11) is 1.69. The Kier molecular flexibility index (Phi) is 9.09. The Labute approximate surface area is 252 Å². The molecule has 1 saturated heterocycles. The lowest BCUT2D eigenvalue weighted by atomic mass is 10.0. The van der Waals surface area contributed by atoms with Gasteiger partial charge in [0.25, 0.3) is 0 Å². The highest BCUT2D eigenvalue weighted by Crippen LogP contribution is 2.40. The maximum atomic E-state index is 10.9. The van der Waals surface area contributed by atoms with Crippen molar-refractivity contribution in [1.29, 1.82) is 0 Å². The standard InChI is InChI=1S/C35H37N3O3S/c1-40-29-11-8-9-26(23-29)17-18-27-10-2-5-14-32(27)41-25-28(39)24-37-19-21-38(22-20-37)35-30-12-3-6-15-33(30)42-34-16-7-4-13-31(34)36-35/h2-16,23,28,39H,17-22,24-25H2,1H3. The predicted molar refractivity (Wildman–Crippen MR) is 170 cm³/mol. The smallest absolute Gasteiger partial charge is 0.137 e. The lowest BCUT2D eigenvalue weighted by molar-refractivity contribution is 0.0554. The molecule has 2 heterocycles. The minimum absolute atomic E-state index is 0.268. The topological polar surface area (TPSA) is 57.5 Å². The maximum absolute atomic E-state index is 10.9. The number of benzene rings is 4. The molecule has 4 aromatic rings. The van der Waals surface area contributed by atoms with Gasteiger partial charge < -0.3 is 19.5 Å². The number of methoxy groups -OCH3 is 1. The van der Waals surface area contributed by atoms with Gasteiger partial charge in [0.05, 0.1) is 12.8 Å². The van der Waals surface area contributed by atoms with Crippen LogP contribution in [0.4, 0.5) is 5.69 Å². The average molecular weight is 580 g/mol. The number of nitrogens with zero attached hydrogens (tertiary/aromatic N) is 3. The second-order valence-corrected chi connectivity index (χ2v) is 11.8. The molecule has 1 fully saturated rings. The van der Waals surface area contributed by atoms with Crippen LogP contribution >= 0.6 is 11.8 Å². The van der Waals surface area contributed by atoms with Gasteiger partial charge in [-0.3, -0.25) is 4.90 Å². The monoisotopic (exact) mass is 579 g/mol. The molecule has 7 heteroatoms. The highest BCUT2D eigenvalue weighted by molar-refractivity contribution is 7.99. The van der Waals surface area contributed by atoms with Crippen molar-refractivity contribution in [3.63, 3.8) is 0 Å². The van der Waals surface area contributed by atoms with Crippen LogP contribution in [0.1, 0.15) is 16.7 Å². The van der Waals surface area contributed by atoms with Gasteiger partial charge in [0.2, 0.25) is 0 Å². The number of hydrogen-bond donors (Lipinski definition) is 1. The van der Waals surface area contributed by atoms with Crippen molar-refractivity contribution in [2.75, 3.05) is 46.4 Å². The third kappa shape index (κ3) is 6.81. The van der Waals surface area contributed by atoms with Gasteiger partial charge in [0, 0.05) is 48.1 Å². The SMILES string of the molecule is COc1cccc(CCc2ccccc2OCC(O)CN2CCN(C3=Nc4ccccc4Sc4ccccc43)CC2)c1. The van der Waals surface area contributed by atoms with E-state index in [2.05, 4.69) is 76.5 Å². The number of fused-ring (bicyclic) bond motifs is 2. The Balaban J connectivity index is 1.03. The second-order valence-electron chi connectivity index (χ2n) is 10.7. The minimum atomic E-state index is -0.567. The van der Waals surface area contributed by atoms with Crippen molar-refractivity contribution in [3.05, 3.63) is 114 Å². The number of β-amino-alcohol motifs (C(OH)–C–C–N with tert-alkyl or cyclic N) is 1. The van der Waals surface area contributed by atoms with Crippen molar-refractivity contribution in [2.24, 2.45) is 4.99 Å². The highest BCUT2D eigenvalue weighted by Gasteiger charge is 2.26. The van der Waals surface area contributed by atoms with E-state index >= 15 is 0 Å². The predicted octanol–water partition coefficient (Wildman–Crippen LogP) is 6.08. The Hall–Kier alpha value is -3.78. The van der Waals surface area contributed by atoms with Crippen LogP contribution in [0, 0.1) is 0 Å². The summed E-state index contributed by atoms with van der Waals surface area (Å²) < 4.78 is 11.5. The molecule has 42 heavy (non-hydrogen) atoms. The quantitative estimate of drug-likeness (QED) is 0.259. The zero-order valence-corrected chi connectivity index (χ0v) is 24.8. The summed E-state index contributed by atoms with van der Waals surface area (Å²) in [5, 5.41) is 10.9. The van der Waals surface area contributed by atoms with E-state index in [1.54, 1.807) is 18.9 Å². The second kappa shape index (κ2) is 13.5. The number of hydrogen-bond acceptors (Lipinski definition) is 7. The van der Waals surface area contributed by atoms with E-state index in [-0.39, 0.29) is 6.61 Å². The zero-order chi connectivity index (χ0) is 28.7. The Bertz CT molecular complexity index is 1530. The van der Waals surface area contributed by atoms with E-state index in [0.29, 0.717) is 6.54 Å². The molecule has 0 aliphatic carbocycles. The molecular weight excluding hydrogens is 542 g/mol. The van der Waals surface area contributed by atoms with E-state index in [1.807, 2.05) is 30.3 Å². The van der Waals surface area contributed by atoms with Gasteiger partial charge in [-0.2, -0.15) is 0 Å². The van der Waals surface area contributed by atoms with Gasteiger partial charge in [-0.15, -0.1) is 0 Å². The number of para-hydroxylation sites is 2. The number of ether oxygens (including phenoxy) is 2. The summed E-state index contributed by atoms with van der Waals surface area (Å²) >= 11 is 1.78. The van der Waals surface area contributed by atoms with Crippen LogP contribution < -0.4 is 9.47 Å². The van der Waals surface area contributed by atoms with Crippen molar-refractivity contribution < 1.29 is 14.6 Å². The van der Waals surface area contributed by atoms with Crippen LogP contribution in [0.25, 0.3) is 0 Å². The molecule has 6 nitrogen and oxygen atoms in total. The fourth-order valence-corrected chi connectivity index (χ4v) is 6.56. The third-order valence-electron chi connectivity index (χ3n) is 7.80. The number of aliphatic hydroxyl groups excluding tert-OH is 1.